The highest BCUT2D eigenvalue weighted by atomic mass is 19.2. The minimum atomic E-state index is -0.783. The molecule has 5 heteroatoms. The number of hydrogen-bond donors (Lipinski definition) is 1. The fraction of sp³-hybridized carbons (Fsp3) is 0.647. The maximum Gasteiger partial charge on any atom is 0.159 e. The average Bonchev–Trinajstić information content (AvgIpc) is 2.50. The third-order valence-corrected chi connectivity index (χ3v) is 4.32. The van der Waals surface area contributed by atoms with E-state index in [0.717, 1.165) is 38.3 Å². The first-order valence-corrected chi connectivity index (χ1v) is 8.06. The van der Waals surface area contributed by atoms with Crippen LogP contribution in [0.15, 0.2) is 18.2 Å². The predicted octanol–water partition coefficient (Wildman–Crippen LogP) is 2.33. The second kappa shape index (κ2) is 8.56. The first-order valence-electron chi connectivity index (χ1n) is 8.06. The molecule has 1 aromatic carbocycles. The fourth-order valence-corrected chi connectivity index (χ4v) is 2.83. The van der Waals surface area contributed by atoms with Crippen molar-refractivity contribution in [3.05, 3.63) is 35.4 Å². The van der Waals surface area contributed by atoms with E-state index in [4.69, 9.17) is 0 Å². The molecule has 0 aromatic heterocycles. The van der Waals surface area contributed by atoms with Crippen molar-refractivity contribution in [3.63, 3.8) is 0 Å². The summed E-state index contributed by atoms with van der Waals surface area (Å²) < 4.78 is 26.0. The minimum Gasteiger partial charge on any atom is -0.312 e. The molecule has 22 heavy (non-hydrogen) atoms. The zero-order valence-corrected chi connectivity index (χ0v) is 13.6. The SMILES string of the molecule is CN(C)CCN1CCC(CNCc2ccc(F)c(F)c2)CC1. The molecule has 1 aliphatic heterocycles. The van der Waals surface area contributed by atoms with Gasteiger partial charge in [0, 0.05) is 19.6 Å². The van der Waals surface area contributed by atoms with Crippen molar-refractivity contribution in [2.45, 2.75) is 19.4 Å². The number of halogens is 2. The third kappa shape index (κ3) is 5.63. The van der Waals surface area contributed by atoms with Gasteiger partial charge >= 0.3 is 0 Å². The molecule has 0 saturated carbocycles. The van der Waals surface area contributed by atoms with Crippen LogP contribution in [0.4, 0.5) is 8.78 Å². The highest BCUT2D eigenvalue weighted by Gasteiger charge is 2.18. The van der Waals surface area contributed by atoms with Crippen LogP contribution in [0.1, 0.15) is 18.4 Å². The van der Waals surface area contributed by atoms with Gasteiger partial charge in [0.05, 0.1) is 0 Å². The molecule has 0 atom stereocenters. The molecular weight excluding hydrogens is 284 g/mol. The van der Waals surface area contributed by atoms with Crippen molar-refractivity contribution in [2.24, 2.45) is 5.92 Å². The van der Waals surface area contributed by atoms with Crippen molar-refractivity contribution in [2.75, 3.05) is 46.8 Å². The summed E-state index contributed by atoms with van der Waals surface area (Å²) in [6.45, 7) is 6.11. The van der Waals surface area contributed by atoms with E-state index in [1.54, 1.807) is 6.07 Å². The predicted molar refractivity (Wildman–Crippen MR) is 85.8 cm³/mol. The minimum absolute atomic E-state index is 0.595. The van der Waals surface area contributed by atoms with E-state index in [1.807, 2.05) is 0 Å². The van der Waals surface area contributed by atoms with E-state index in [-0.39, 0.29) is 0 Å². The van der Waals surface area contributed by atoms with Crippen molar-refractivity contribution >= 4 is 0 Å². The van der Waals surface area contributed by atoms with E-state index in [1.165, 1.54) is 25.0 Å². The lowest BCUT2D eigenvalue weighted by atomic mass is 9.96. The van der Waals surface area contributed by atoms with E-state index in [0.29, 0.717) is 12.5 Å². The van der Waals surface area contributed by atoms with Crippen LogP contribution >= 0.6 is 0 Å². The van der Waals surface area contributed by atoms with Gasteiger partial charge in [-0.2, -0.15) is 0 Å². The zero-order valence-electron chi connectivity index (χ0n) is 13.6. The van der Waals surface area contributed by atoms with Crippen molar-refractivity contribution < 1.29 is 8.78 Å². The lowest BCUT2D eigenvalue weighted by Gasteiger charge is -2.32. The molecular formula is C17H27F2N3. The number of piperidine rings is 1. The molecule has 1 aliphatic rings. The number of rotatable bonds is 7. The van der Waals surface area contributed by atoms with Crippen LogP contribution in [0, 0.1) is 17.6 Å². The molecule has 0 spiro atoms. The second-order valence-electron chi connectivity index (χ2n) is 6.47. The van der Waals surface area contributed by atoms with Crippen LogP contribution in [0.3, 0.4) is 0 Å². The maximum atomic E-state index is 13.1. The molecule has 1 N–H and O–H groups in total. The van der Waals surface area contributed by atoms with Gasteiger partial charge in [0.2, 0.25) is 0 Å². The Morgan fingerprint density at radius 1 is 1.18 bits per heavy atom. The second-order valence-corrected chi connectivity index (χ2v) is 6.47. The molecule has 0 bridgehead atoms. The number of benzene rings is 1. The summed E-state index contributed by atoms with van der Waals surface area (Å²) in [5.74, 6) is -0.872. The summed E-state index contributed by atoms with van der Waals surface area (Å²) in [7, 11) is 4.21. The standard InChI is InChI=1S/C17H27F2N3/c1-21(2)9-10-22-7-5-14(6-8-22)12-20-13-15-3-4-16(18)17(19)11-15/h3-4,11,14,20H,5-10,12-13H2,1-2H3. The smallest absolute Gasteiger partial charge is 0.159 e. The highest BCUT2D eigenvalue weighted by Crippen LogP contribution is 2.16. The van der Waals surface area contributed by atoms with Crippen molar-refractivity contribution in [3.8, 4) is 0 Å². The van der Waals surface area contributed by atoms with Crippen LogP contribution in [0.2, 0.25) is 0 Å². The summed E-state index contributed by atoms with van der Waals surface area (Å²) in [4.78, 5) is 4.74. The number of nitrogens with zero attached hydrogens (tertiary/aromatic N) is 2. The van der Waals surface area contributed by atoms with Crippen LogP contribution in [0.25, 0.3) is 0 Å². The molecule has 1 heterocycles. The Morgan fingerprint density at radius 3 is 2.55 bits per heavy atom. The van der Waals surface area contributed by atoms with E-state index >= 15 is 0 Å². The highest BCUT2D eigenvalue weighted by molar-refractivity contribution is 5.17. The summed E-state index contributed by atoms with van der Waals surface area (Å²) in [6.07, 6.45) is 2.41. The first-order chi connectivity index (χ1) is 10.5. The Labute approximate surface area is 132 Å². The van der Waals surface area contributed by atoms with Crippen molar-refractivity contribution in [1.29, 1.82) is 0 Å². The van der Waals surface area contributed by atoms with Crippen molar-refractivity contribution in [1.82, 2.24) is 15.1 Å². The first kappa shape index (κ1) is 17.3. The summed E-state index contributed by atoms with van der Waals surface area (Å²) in [5.41, 5.74) is 0.794. The van der Waals surface area contributed by atoms with Gasteiger partial charge in [-0.1, -0.05) is 6.07 Å². The van der Waals surface area contributed by atoms with Crippen LogP contribution in [0.5, 0.6) is 0 Å². The fourth-order valence-electron chi connectivity index (χ4n) is 2.83. The Hall–Kier alpha value is -1.04. The van der Waals surface area contributed by atoms with E-state index < -0.39 is 11.6 Å². The summed E-state index contributed by atoms with van der Waals surface area (Å²) >= 11 is 0. The van der Waals surface area contributed by atoms with E-state index in [2.05, 4.69) is 29.2 Å². The van der Waals surface area contributed by atoms with Gasteiger partial charge in [-0.3, -0.25) is 0 Å². The van der Waals surface area contributed by atoms with Gasteiger partial charge in [-0.25, -0.2) is 8.78 Å². The van der Waals surface area contributed by atoms with Crippen LogP contribution in [-0.4, -0.2) is 56.6 Å². The Bertz CT molecular complexity index is 457. The van der Waals surface area contributed by atoms with Gasteiger partial charge in [-0.05, 0) is 70.2 Å². The van der Waals surface area contributed by atoms with Gasteiger partial charge in [-0.15, -0.1) is 0 Å². The van der Waals surface area contributed by atoms with Crippen LogP contribution in [-0.2, 0) is 6.54 Å². The topological polar surface area (TPSA) is 18.5 Å². The Balaban J connectivity index is 1.63. The number of hydrogen-bond acceptors (Lipinski definition) is 3. The normalized spacial score (nSPS) is 17.3. The quantitative estimate of drug-likeness (QED) is 0.834. The molecule has 1 fully saturated rings. The Kier molecular flexibility index (Phi) is 6.73. The monoisotopic (exact) mass is 311 g/mol. The number of likely N-dealkylation sites (tertiary alicyclic amines) is 1. The van der Waals surface area contributed by atoms with Crippen LogP contribution < -0.4 is 5.32 Å². The molecule has 1 saturated heterocycles. The number of likely N-dealkylation sites (N-methyl/N-ethyl adjacent to an activating group) is 1. The molecule has 0 unspecified atom stereocenters. The largest absolute Gasteiger partial charge is 0.312 e. The van der Waals surface area contributed by atoms with Gasteiger partial charge < -0.3 is 15.1 Å². The molecule has 0 aliphatic carbocycles. The van der Waals surface area contributed by atoms with E-state index in [9.17, 15) is 8.78 Å². The summed E-state index contributed by atoms with van der Waals surface area (Å²) in [6, 6.07) is 4.09. The number of nitrogens with one attached hydrogen (secondary N) is 1. The van der Waals surface area contributed by atoms with Gasteiger partial charge in [0.25, 0.3) is 0 Å². The molecule has 124 valence electrons. The molecule has 3 nitrogen and oxygen atoms in total. The molecule has 2 rings (SSSR count). The lowest BCUT2D eigenvalue weighted by molar-refractivity contribution is 0.169. The molecule has 1 aromatic rings. The zero-order chi connectivity index (χ0) is 15.9. The lowest BCUT2D eigenvalue weighted by Crippen LogP contribution is -2.40. The third-order valence-electron chi connectivity index (χ3n) is 4.32. The Morgan fingerprint density at radius 2 is 1.91 bits per heavy atom. The average molecular weight is 311 g/mol. The molecule has 0 radical (unpaired) electrons. The van der Waals surface area contributed by atoms with Gasteiger partial charge in [0.15, 0.2) is 11.6 Å². The van der Waals surface area contributed by atoms with Gasteiger partial charge in [0.1, 0.15) is 0 Å². The summed E-state index contributed by atoms with van der Waals surface area (Å²) in [5, 5.41) is 3.37. The molecule has 0 amide bonds. The maximum absolute atomic E-state index is 13.1.